The Labute approximate surface area is 315 Å². The van der Waals surface area contributed by atoms with E-state index >= 15 is 8.78 Å². The average molecular weight is 765 g/mol. The van der Waals surface area contributed by atoms with Crippen LogP contribution in [0.15, 0.2) is 30.7 Å². The van der Waals surface area contributed by atoms with Gasteiger partial charge in [-0.15, -0.1) is 0 Å². The number of anilines is 3. The van der Waals surface area contributed by atoms with Crippen LogP contribution in [0.3, 0.4) is 0 Å². The molecule has 2 amide bonds. The van der Waals surface area contributed by atoms with E-state index in [1.54, 1.807) is 18.6 Å². The number of carbonyl (C=O) groups excluding carboxylic acids is 2. The molecule has 1 atom stereocenters. The van der Waals surface area contributed by atoms with Gasteiger partial charge in [0.1, 0.15) is 17.2 Å². The molecule has 3 aromatic heterocycles. The van der Waals surface area contributed by atoms with Gasteiger partial charge in [0.25, 0.3) is 12.3 Å². The van der Waals surface area contributed by atoms with E-state index in [0.717, 1.165) is 19.0 Å². The molecule has 55 heavy (non-hydrogen) atoms. The van der Waals surface area contributed by atoms with Gasteiger partial charge in [0.05, 0.1) is 40.0 Å². The SMILES string of the molecule is Cc1c(C(=O)NC2(C(F)F)CC2)cc(Nc2nc(-c3cnc4c(c3)N(C3CC(C)(N5CCCC(F)C5)C3)C(=O)C4(C)C)cc3ncn(C(C)C)c23)c(F)c1F. The van der Waals surface area contributed by atoms with Gasteiger partial charge in [-0.05, 0) is 105 Å². The zero-order valence-corrected chi connectivity index (χ0v) is 31.7. The van der Waals surface area contributed by atoms with Gasteiger partial charge < -0.3 is 20.1 Å². The van der Waals surface area contributed by atoms with E-state index in [9.17, 15) is 22.8 Å². The van der Waals surface area contributed by atoms with Crippen LogP contribution in [-0.4, -0.2) is 79.0 Å². The number of halogens is 5. The van der Waals surface area contributed by atoms with Crippen molar-refractivity contribution in [1.29, 1.82) is 0 Å². The van der Waals surface area contributed by atoms with E-state index in [2.05, 4.69) is 27.4 Å². The third kappa shape index (κ3) is 6.04. The normalized spacial score (nSPS) is 24.4. The number of likely N-dealkylation sites (tertiary alicyclic amines) is 1. The first-order chi connectivity index (χ1) is 25.9. The highest BCUT2D eigenvalue weighted by atomic mass is 19.3. The number of rotatable bonds is 9. The minimum atomic E-state index is -2.81. The van der Waals surface area contributed by atoms with Crippen LogP contribution in [0.5, 0.6) is 0 Å². The van der Waals surface area contributed by atoms with Crippen LogP contribution in [0.1, 0.15) is 101 Å². The van der Waals surface area contributed by atoms with Crippen LogP contribution < -0.4 is 15.5 Å². The van der Waals surface area contributed by atoms with Crippen molar-refractivity contribution in [2.75, 3.05) is 23.3 Å². The van der Waals surface area contributed by atoms with Crippen molar-refractivity contribution >= 4 is 40.0 Å². The summed E-state index contributed by atoms with van der Waals surface area (Å²) in [6.45, 7) is 12.1. The fraction of sp³-hybridized carbons (Fsp3) is 0.525. The number of nitrogens with one attached hydrogen (secondary N) is 2. The molecule has 1 unspecified atom stereocenters. The van der Waals surface area contributed by atoms with E-state index in [-0.39, 0.29) is 53.3 Å². The number of pyridine rings is 2. The number of hydrogen-bond donors (Lipinski definition) is 2. The van der Waals surface area contributed by atoms with Crippen molar-refractivity contribution in [2.45, 2.75) is 121 Å². The quantitative estimate of drug-likeness (QED) is 0.167. The van der Waals surface area contributed by atoms with Crippen molar-refractivity contribution in [1.82, 2.24) is 29.7 Å². The zero-order chi connectivity index (χ0) is 39.4. The number of alkyl halides is 3. The minimum Gasteiger partial charge on any atom is -0.341 e. The Bertz CT molecular complexity index is 2230. The summed E-state index contributed by atoms with van der Waals surface area (Å²) in [4.78, 5) is 45.5. The van der Waals surface area contributed by atoms with E-state index in [1.807, 2.05) is 43.2 Å². The van der Waals surface area contributed by atoms with Crippen molar-refractivity contribution in [3.05, 3.63) is 59.2 Å². The zero-order valence-electron chi connectivity index (χ0n) is 31.7. The second-order valence-corrected chi connectivity index (χ2v) is 16.9. The van der Waals surface area contributed by atoms with Crippen molar-refractivity contribution in [3.8, 4) is 11.3 Å². The molecule has 2 aliphatic heterocycles. The van der Waals surface area contributed by atoms with Gasteiger partial charge >= 0.3 is 0 Å². The summed E-state index contributed by atoms with van der Waals surface area (Å²) in [6, 6.07) is 4.51. The molecule has 2 aliphatic carbocycles. The van der Waals surface area contributed by atoms with Crippen LogP contribution in [0.2, 0.25) is 0 Å². The molecule has 1 saturated heterocycles. The molecule has 0 bridgehead atoms. The van der Waals surface area contributed by atoms with Crippen LogP contribution >= 0.6 is 0 Å². The number of imidazole rings is 1. The highest BCUT2D eigenvalue weighted by Gasteiger charge is 2.55. The lowest BCUT2D eigenvalue weighted by Crippen LogP contribution is -2.64. The maximum Gasteiger partial charge on any atom is 0.261 e. The summed E-state index contributed by atoms with van der Waals surface area (Å²) >= 11 is 0. The molecule has 5 heterocycles. The van der Waals surface area contributed by atoms with Crippen LogP contribution in [0.25, 0.3) is 22.3 Å². The van der Waals surface area contributed by atoms with Gasteiger partial charge in [0.15, 0.2) is 17.5 Å². The fourth-order valence-electron chi connectivity index (χ4n) is 8.63. The van der Waals surface area contributed by atoms with Gasteiger partial charge in [-0.25, -0.2) is 31.9 Å². The first-order valence-corrected chi connectivity index (χ1v) is 18.9. The molecule has 15 heteroatoms. The van der Waals surface area contributed by atoms with Crippen LogP contribution in [0.4, 0.5) is 39.1 Å². The molecular weight excluding hydrogens is 719 g/mol. The third-order valence-electron chi connectivity index (χ3n) is 12.2. The lowest BCUT2D eigenvalue weighted by molar-refractivity contribution is -0.124. The Morgan fingerprint density at radius 3 is 2.42 bits per heavy atom. The van der Waals surface area contributed by atoms with E-state index in [0.29, 0.717) is 59.5 Å². The lowest BCUT2D eigenvalue weighted by Gasteiger charge is -2.56. The second-order valence-electron chi connectivity index (χ2n) is 16.9. The van der Waals surface area contributed by atoms with Crippen molar-refractivity contribution < 1.29 is 31.5 Å². The Morgan fingerprint density at radius 2 is 1.76 bits per heavy atom. The molecule has 2 N–H and O–H groups in total. The maximum atomic E-state index is 15.7. The summed E-state index contributed by atoms with van der Waals surface area (Å²) in [5.41, 5.74) is -0.621. The van der Waals surface area contributed by atoms with Gasteiger partial charge in [0.2, 0.25) is 5.91 Å². The monoisotopic (exact) mass is 764 g/mol. The summed E-state index contributed by atoms with van der Waals surface area (Å²) in [6.07, 6.45) is 2.51. The van der Waals surface area contributed by atoms with Gasteiger partial charge in [-0.3, -0.25) is 19.5 Å². The number of carbonyl (C=O) groups is 2. The predicted octanol–water partition coefficient (Wildman–Crippen LogP) is 7.91. The summed E-state index contributed by atoms with van der Waals surface area (Å²) in [5, 5.41) is 5.23. The molecular formula is C40H45F5N8O2. The first-order valence-electron chi connectivity index (χ1n) is 18.9. The third-order valence-corrected chi connectivity index (χ3v) is 12.2. The number of hydrogen-bond acceptors (Lipinski definition) is 7. The highest BCUT2D eigenvalue weighted by Crippen LogP contribution is 2.50. The second kappa shape index (κ2) is 13.0. The summed E-state index contributed by atoms with van der Waals surface area (Å²) in [5.74, 6) is -3.46. The van der Waals surface area contributed by atoms with Gasteiger partial charge in [0, 0.05) is 47.1 Å². The molecule has 10 nitrogen and oxygen atoms in total. The predicted molar refractivity (Wildman–Crippen MR) is 199 cm³/mol. The Balaban J connectivity index is 1.16. The fourth-order valence-corrected chi connectivity index (χ4v) is 8.63. The lowest BCUT2D eigenvalue weighted by atomic mass is 9.71. The molecule has 8 rings (SSSR count). The van der Waals surface area contributed by atoms with Crippen LogP contribution in [-0.2, 0) is 10.2 Å². The van der Waals surface area contributed by atoms with Gasteiger partial charge in [-0.2, -0.15) is 0 Å². The molecule has 0 spiro atoms. The maximum absolute atomic E-state index is 15.7. The largest absolute Gasteiger partial charge is 0.341 e. The van der Waals surface area contributed by atoms with Gasteiger partial charge in [-0.1, -0.05) is 0 Å². The molecule has 1 aromatic carbocycles. The smallest absolute Gasteiger partial charge is 0.261 e. The number of amides is 2. The highest BCUT2D eigenvalue weighted by molar-refractivity contribution is 6.08. The van der Waals surface area contributed by atoms with Crippen molar-refractivity contribution in [3.63, 3.8) is 0 Å². The molecule has 0 radical (unpaired) electrons. The standard InChI is InChI=1S/C40H45F5N8O2/c1-20(2)52-19-47-28-14-26(48-34(32(28)52)49-27-13-25(21(3)30(42)31(27)43)35(54)50-40(9-10-40)36(44)45)22-12-29-33(46-17-22)38(4,5)37(55)53(29)24-15-39(6,16-24)51-11-7-8-23(41)18-51/h12-14,17,19-20,23-24,36H,7-11,15-16,18H2,1-6H3,(H,48,49)(H,50,54). The number of nitrogens with zero attached hydrogens (tertiary/aromatic N) is 6. The number of piperidine rings is 1. The molecule has 4 aromatic rings. The molecule has 2 saturated carbocycles. The van der Waals surface area contributed by atoms with Crippen LogP contribution in [0, 0.1) is 18.6 Å². The molecule has 3 fully saturated rings. The summed E-state index contributed by atoms with van der Waals surface area (Å²) in [7, 11) is 0. The number of benzene rings is 1. The topological polar surface area (TPSA) is 108 Å². The number of aromatic nitrogens is 4. The molecule has 4 aliphatic rings. The minimum absolute atomic E-state index is 0.0690. The summed E-state index contributed by atoms with van der Waals surface area (Å²) < 4.78 is 74.6. The number of fused-ring (bicyclic) bond motifs is 2. The van der Waals surface area contributed by atoms with E-state index in [1.165, 1.54) is 6.92 Å². The van der Waals surface area contributed by atoms with E-state index < -0.39 is 46.8 Å². The molecule has 292 valence electrons. The first kappa shape index (κ1) is 37.3. The Kier molecular flexibility index (Phi) is 8.78. The van der Waals surface area contributed by atoms with Crippen molar-refractivity contribution in [2.24, 2.45) is 0 Å². The van der Waals surface area contributed by atoms with E-state index in [4.69, 9.17) is 9.97 Å². The Morgan fingerprint density at radius 1 is 1.04 bits per heavy atom. The Hall–Kier alpha value is -4.66. The average Bonchev–Trinajstić information content (AvgIpc) is 3.73.